The van der Waals surface area contributed by atoms with Crippen molar-refractivity contribution in [2.75, 3.05) is 13.2 Å². The normalized spacial score (nSPS) is 10.1. The number of ether oxygens (including phenoxy) is 1. The van der Waals surface area contributed by atoms with Crippen LogP contribution in [-0.2, 0) is 6.42 Å². The van der Waals surface area contributed by atoms with Gasteiger partial charge < -0.3 is 4.74 Å². The van der Waals surface area contributed by atoms with E-state index in [1.54, 1.807) is 0 Å². The molecule has 0 aliphatic heterocycles. The molecule has 0 aliphatic rings. The monoisotopic (exact) mass is 223 g/mol. The van der Waals surface area contributed by atoms with Gasteiger partial charge in [0.1, 0.15) is 5.75 Å². The fourth-order valence-electron chi connectivity index (χ4n) is 1.31. The number of nitrogens with zero attached hydrogens (tertiary/aromatic N) is 1. The molecule has 0 aromatic heterocycles. The van der Waals surface area contributed by atoms with E-state index in [1.165, 1.54) is 0 Å². The van der Waals surface area contributed by atoms with E-state index in [0.29, 0.717) is 6.42 Å². The maximum atomic E-state index is 10.2. The van der Waals surface area contributed by atoms with Crippen molar-refractivity contribution in [2.45, 2.75) is 26.2 Å². The van der Waals surface area contributed by atoms with Gasteiger partial charge in [0.05, 0.1) is 6.61 Å². The Morgan fingerprint density at radius 3 is 2.56 bits per heavy atom. The van der Waals surface area contributed by atoms with E-state index in [9.17, 15) is 10.1 Å². The minimum atomic E-state index is -0.300. The highest BCUT2D eigenvalue weighted by Crippen LogP contribution is 2.13. The van der Waals surface area contributed by atoms with Crippen molar-refractivity contribution >= 4 is 0 Å². The van der Waals surface area contributed by atoms with Gasteiger partial charge in [-0.05, 0) is 24.1 Å². The van der Waals surface area contributed by atoms with Crippen LogP contribution >= 0.6 is 0 Å². The Morgan fingerprint density at radius 2 is 2.00 bits per heavy atom. The molecule has 0 saturated carbocycles. The molecule has 1 aromatic carbocycles. The Kier molecular flexibility index (Phi) is 5.32. The first kappa shape index (κ1) is 12.5. The lowest BCUT2D eigenvalue weighted by Crippen LogP contribution is -2.03. The van der Waals surface area contributed by atoms with Crippen molar-refractivity contribution in [1.82, 2.24) is 0 Å². The van der Waals surface area contributed by atoms with E-state index in [4.69, 9.17) is 4.74 Å². The zero-order valence-electron chi connectivity index (χ0n) is 9.52. The minimum Gasteiger partial charge on any atom is -0.494 e. The second-order valence-electron chi connectivity index (χ2n) is 3.65. The molecule has 0 fully saturated rings. The van der Waals surface area contributed by atoms with E-state index >= 15 is 0 Å². The summed E-state index contributed by atoms with van der Waals surface area (Å²) in [4.78, 5) is 9.89. The molecule has 16 heavy (non-hydrogen) atoms. The number of benzene rings is 1. The van der Waals surface area contributed by atoms with E-state index in [1.807, 2.05) is 24.3 Å². The largest absolute Gasteiger partial charge is 0.494 e. The average Bonchev–Trinajstić information content (AvgIpc) is 2.28. The summed E-state index contributed by atoms with van der Waals surface area (Å²) in [7, 11) is 0. The van der Waals surface area contributed by atoms with Crippen LogP contribution < -0.4 is 4.74 Å². The van der Waals surface area contributed by atoms with Gasteiger partial charge in [0.25, 0.3) is 0 Å². The van der Waals surface area contributed by atoms with Gasteiger partial charge in [0, 0.05) is 11.3 Å². The Balaban J connectivity index is 2.38. The lowest BCUT2D eigenvalue weighted by molar-refractivity contribution is -0.479. The minimum absolute atomic E-state index is 0.0178. The van der Waals surface area contributed by atoms with Gasteiger partial charge in [0.15, 0.2) is 0 Å². The molecule has 0 bridgehead atoms. The van der Waals surface area contributed by atoms with Crippen LogP contribution in [-0.4, -0.2) is 18.1 Å². The molecular formula is C12H17NO3. The summed E-state index contributed by atoms with van der Waals surface area (Å²) in [5, 5.41) is 10.2. The Bertz CT molecular complexity index is 322. The molecule has 0 saturated heterocycles. The van der Waals surface area contributed by atoms with Crippen molar-refractivity contribution in [1.29, 1.82) is 0 Å². The highest BCUT2D eigenvalue weighted by Gasteiger charge is 2.00. The molecular weight excluding hydrogens is 206 g/mol. The van der Waals surface area contributed by atoms with Gasteiger partial charge in [-0.15, -0.1) is 0 Å². The molecule has 0 atom stereocenters. The first-order valence-corrected chi connectivity index (χ1v) is 5.56. The van der Waals surface area contributed by atoms with Crippen LogP contribution in [0.25, 0.3) is 0 Å². The number of nitro groups is 1. The van der Waals surface area contributed by atoms with Gasteiger partial charge in [-0.3, -0.25) is 10.1 Å². The van der Waals surface area contributed by atoms with Crippen LogP contribution in [0.2, 0.25) is 0 Å². The fraction of sp³-hybridized carbons (Fsp3) is 0.500. The van der Waals surface area contributed by atoms with E-state index in [0.717, 1.165) is 30.8 Å². The SMILES string of the molecule is CCCCOc1ccc(CC[N+](=O)[O-])cc1. The lowest BCUT2D eigenvalue weighted by atomic mass is 10.1. The summed E-state index contributed by atoms with van der Waals surface area (Å²) >= 11 is 0. The molecule has 0 spiro atoms. The van der Waals surface area contributed by atoms with Crippen LogP contribution in [0, 0.1) is 10.1 Å². The molecule has 0 aliphatic carbocycles. The highest BCUT2D eigenvalue weighted by molar-refractivity contribution is 5.27. The number of rotatable bonds is 7. The summed E-state index contributed by atoms with van der Waals surface area (Å²) in [5.74, 6) is 0.832. The smallest absolute Gasteiger partial charge is 0.207 e. The summed E-state index contributed by atoms with van der Waals surface area (Å²) < 4.78 is 5.49. The predicted molar refractivity (Wildman–Crippen MR) is 62.4 cm³/mol. The molecule has 1 aromatic rings. The zero-order chi connectivity index (χ0) is 11.8. The van der Waals surface area contributed by atoms with Crippen molar-refractivity contribution in [3.63, 3.8) is 0 Å². The molecule has 0 N–H and O–H groups in total. The van der Waals surface area contributed by atoms with E-state index in [2.05, 4.69) is 6.92 Å². The van der Waals surface area contributed by atoms with Gasteiger partial charge in [0.2, 0.25) is 6.54 Å². The van der Waals surface area contributed by atoms with Crippen LogP contribution in [0.1, 0.15) is 25.3 Å². The number of unbranched alkanes of at least 4 members (excludes halogenated alkanes) is 1. The van der Waals surface area contributed by atoms with E-state index < -0.39 is 0 Å². The molecule has 0 radical (unpaired) electrons. The Labute approximate surface area is 95.4 Å². The third kappa shape index (κ3) is 4.77. The van der Waals surface area contributed by atoms with Gasteiger partial charge in [-0.1, -0.05) is 25.5 Å². The van der Waals surface area contributed by atoms with Gasteiger partial charge in [-0.25, -0.2) is 0 Å². The Hall–Kier alpha value is -1.58. The van der Waals surface area contributed by atoms with Crippen molar-refractivity contribution in [3.05, 3.63) is 39.9 Å². The summed E-state index contributed by atoms with van der Waals surface area (Å²) in [5.41, 5.74) is 0.972. The first-order chi connectivity index (χ1) is 7.72. The maximum Gasteiger partial charge on any atom is 0.207 e. The van der Waals surface area contributed by atoms with Crippen LogP contribution in [0.4, 0.5) is 0 Å². The molecule has 4 nitrogen and oxygen atoms in total. The molecule has 1 rings (SSSR count). The molecule has 0 amide bonds. The number of hydrogen-bond donors (Lipinski definition) is 0. The summed E-state index contributed by atoms with van der Waals surface area (Å²) in [6.07, 6.45) is 2.63. The van der Waals surface area contributed by atoms with Gasteiger partial charge in [-0.2, -0.15) is 0 Å². The number of hydrogen-bond acceptors (Lipinski definition) is 3. The second-order valence-corrected chi connectivity index (χ2v) is 3.65. The lowest BCUT2D eigenvalue weighted by Gasteiger charge is -2.05. The van der Waals surface area contributed by atoms with Gasteiger partial charge >= 0.3 is 0 Å². The average molecular weight is 223 g/mol. The molecule has 88 valence electrons. The zero-order valence-corrected chi connectivity index (χ0v) is 9.52. The van der Waals surface area contributed by atoms with Crippen LogP contribution in [0.3, 0.4) is 0 Å². The first-order valence-electron chi connectivity index (χ1n) is 5.56. The fourth-order valence-corrected chi connectivity index (χ4v) is 1.31. The summed E-state index contributed by atoms with van der Waals surface area (Å²) in [6.45, 7) is 2.82. The second kappa shape index (κ2) is 6.82. The quantitative estimate of drug-likeness (QED) is 0.405. The van der Waals surface area contributed by atoms with Crippen LogP contribution in [0.15, 0.2) is 24.3 Å². The van der Waals surface area contributed by atoms with Crippen LogP contribution in [0.5, 0.6) is 5.75 Å². The Morgan fingerprint density at radius 1 is 1.31 bits per heavy atom. The molecule has 0 unspecified atom stereocenters. The topological polar surface area (TPSA) is 52.4 Å². The standard InChI is InChI=1S/C12H17NO3/c1-2-3-10-16-12-6-4-11(5-7-12)8-9-13(14)15/h4-7H,2-3,8-10H2,1H3. The van der Waals surface area contributed by atoms with Crippen molar-refractivity contribution in [3.8, 4) is 5.75 Å². The predicted octanol–water partition coefficient (Wildman–Crippen LogP) is 2.68. The molecule has 0 heterocycles. The molecule has 4 heteroatoms. The summed E-state index contributed by atoms with van der Waals surface area (Å²) in [6, 6.07) is 7.49. The van der Waals surface area contributed by atoms with E-state index in [-0.39, 0.29) is 11.5 Å². The maximum absolute atomic E-state index is 10.2. The highest BCUT2D eigenvalue weighted by atomic mass is 16.6. The third-order valence-corrected chi connectivity index (χ3v) is 2.27. The third-order valence-electron chi connectivity index (χ3n) is 2.27. The van der Waals surface area contributed by atoms with Crippen molar-refractivity contribution in [2.24, 2.45) is 0 Å². The van der Waals surface area contributed by atoms with Crippen molar-refractivity contribution < 1.29 is 9.66 Å².